The summed E-state index contributed by atoms with van der Waals surface area (Å²) in [6, 6.07) is 5.35. The molecule has 1 aromatic carbocycles. The first-order chi connectivity index (χ1) is 7.92. The largest absolute Gasteiger partial charge is 0.496 e. The summed E-state index contributed by atoms with van der Waals surface area (Å²) in [6.45, 7) is 4.82. The smallest absolute Gasteiger partial charge is 0.123 e. The number of benzene rings is 1. The predicted octanol–water partition coefficient (Wildman–Crippen LogP) is 2.72. The first-order valence-electron chi connectivity index (χ1n) is 5.71. The number of rotatable bonds is 5. The van der Waals surface area contributed by atoms with Gasteiger partial charge >= 0.3 is 0 Å². The summed E-state index contributed by atoms with van der Waals surface area (Å²) in [5, 5.41) is 0.666. The van der Waals surface area contributed by atoms with E-state index in [-0.39, 0.29) is 11.5 Å². The molecule has 0 heterocycles. The average molecular weight is 257 g/mol. The molecule has 0 aliphatic carbocycles. The molecule has 0 spiro atoms. The van der Waals surface area contributed by atoms with E-state index < -0.39 is 0 Å². The first-order valence-corrected chi connectivity index (χ1v) is 6.09. The van der Waals surface area contributed by atoms with Crippen LogP contribution in [-0.2, 0) is 0 Å². The van der Waals surface area contributed by atoms with E-state index in [1.807, 2.05) is 12.1 Å². The average Bonchev–Trinajstić information content (AvgIpc) is 2.28. The quantitative estimate of drug-likeness (QED) is 0.852. The highest BCUT2D eigenvalue weighted by Crippen LogP contribution is 2.39. The minimum atomic E-state index is -0.153. The standard InChI is InChI=1S/C13H21ClN2O/c1-13(2,6-7-15)12(16)10-8-9(14)4-5-11(10)17-3/h4-5,8,12H,6-7,15-16H2,1-3H3. The van der Waals surface area contributed by atoms with Gasteiger partial charge in [0.25, 0.3) is 0 Å². The van der Waals surface area contributed by atoms with Crippen molar-refractivity contribution in [2.75, 3.05) is 13.7 Å². The van der Waals surface area contributed by atoms with Crippen molar-refractivity contribution in [2.45, 2.75) is 26.3 Å². The Labute approximate surface area is 108 Å². The van der Waals surface area contributed by atoms with Crippen LogP contribution in [0.3, 0.4) is 0 Å². The lowest BCUT2D eigenvalue weighted by Gasteiger charge is -2.32. The van der Waals surface area contributed by atoms with E-state index in [2.05, 4.69) is 13.8 Å². The van der Waals surface area contributed by atoms with Crippen LogP contribution in [0.15, 0.2) is 18.2 Å². The Bertz CT molecular complexity index is 380. The lowest BCUT2D eigenvalue weighted by molar-refractivity contribution is 0.264. The second-order valence-electron chi connectivity index (χ2n) is 4.89. The Kier molecular flexibility index (Phi) is 4.80. The van der Waals surface area contributed by atoms with Crippen molar-refractivity contribution in [3.8, 4) is 5.75 Å². The van der Waals surface area contributed by atoms with Gasteiger partial charge in [-0.2, -0.15) is 0 Å². The van der Waals surface area contributed by atoms with Crippen LogP contribution in [0.4, 0.5) is 0 Å². The summed E-state index contributed by atoms with van der Waals surface area (Å²) in [6.07, 6.45) is 0.851. The molecule has 17 heavy (non-hydrogen) atoms. The first kappa shape index (κ1) is 14.3. The van der Waals surface area contributed by atoms with Crippen molar-refractivity contribution in [2.24, 2.45) is 16.9 Å². The third-order valence-corrected chi connectivity index (χ3v) is 3.39. The van der Waals surface area contributed by atoms with Crippen molar-refractivity contribution in [3.63, 3.8) is 0 Å². The molecule has 0 amide bonds. The maximum atomic E-state index is 6.31. The van der Waals surface area contributed by atoms with E-state index in [4.69, 9.17) is 27.8 Å². The van der Waals surface area contributed by atoms with Crippen LogP contribution in [-0.4, -0.2) is 13.7 Å². The van der Waals surface area contributed by atoms with Crippen LogP contribution < -0.4 is 16.2 Å². The molecule has 4 heteroatoms. The minimum absolute atomic E-state index is 0.0906. The summed E-state index contributed by atoms with van der Waals surface area (Å²) in [5.74, 6) is 0.770. The normalized spacial score (nSPS) is 13.5. The van der Waals surface area contributed by atoms with Crippen molar-refractivity contribution < 1.29 is 4.74 Å². The number of hydrogen-bond acceptors (Lipinski definition) is 3. The van der Waals surface area contributed by atoms with Crippen molar-refractivity contribution in [1.82, 2.24) is 0 Å². The fourth-order valence-electron chi connectivity index (χ4n) is 1.90. The maximum Gasteiger partial charge on any atom is 0.123 e. The van der Waals surface area contributed by atoms with Gasteiger partial charge in [-0.15, -0.1) is 0 Å². The van der Waals surface area contributed by atoms with Gasteiger partial charge in [0.05, 0.1) is 7.11 Å². The fourth-order valence-corrected chi connectivity index (χ4v) is 2.08. The molecule has 96 valence electrons. The Balaban J connectivity index is 3.09. The minimum Gasteiger partial charge on any atom is -0.496 e. The number of nitrogens with two attached hydrogens (primary N) is 2. The van der Waals surface area contributed by atoms with E-state index in [9.17, 15) is 0 Å². The topological polar surface area (TPSA) is 61.3 Å². The van der Waals surface area contributed by atoms with Crippen LogP contribution in [0.1, 0.15) is 31.9 Å². The highest BCUT2D eigenvalue weighted by Gasteiger charge is 2.29. The molecule has 0 aliphatic heterocycles. The van der Waals surface area contributed by atoms with E-state index >= 15 is 0 Å². The molecule has 1 rings (SSSR count). The Morgan fingerprint density at radius 1 is 1.41 bits per heavy atom. The molecule has 0 saturated heterocycles. The Hall–Kier alpha value is -0.770. The van der Waals surface area contributed by atoms with Gasteiger partial charge in [0.2, 0.25) is 0 Å². The van der Waals surface area contributed by atoms with Crippen LogP contribution in [0.25, 0.3) is 0 Å². The molecule has 0 bridgehead atoms. The zero-order chi connectivity index (χ0) is 13.1. The van der Waals surface area contributed by atoms with E-state index in [1.54, 1.807) is 13.2 Å². The third-order valence-electron chi connectivity index (χ3n) is 3.16. The van der Waals surface area contributed by atoms with Crippen LogP contribution >= 0.6 is 11.6 Å². The summed E-state index contributed by atoms with van der Waals surface area (Å²) in [5.41, 5.74) is 12.8. The second-order valence-corrected chi connectivity index (χ2v) is 5.33. The van der Waals surface area contributed by atoms with E-state index in [0.717, 1.165) is 17.7 Å². The Morgan fingerprint density at radius 2 is 2.06 bits per heavy atom. The lowest BCUT2D eigenvalue weighted by atomic mass is 9.78. The molecule has 1 atom stereocenters. The van der Waals surface area contributed by atoms with Gasteiger partial charge < -0.3 is 16.2 Å². The Morgan fingerprint density at radius 3 is 2.59 bits per heavy atom. The monoisotopic (exact) mass is 256 g/mol. The molecule has 1 aromatic rings. The second kappa shape index (κ2) is 5.71. The molecule has 0 aromatic heterocycles. The number of halogens is 1. The van der Waals surface area contributed by atoms with Gasteiger partial charge in [-0.05, 0) is 36.6 Å². The van der Waals surface area contributed by atoms with Gasteiger partial charge in [-0.3, -0.25) is 0 Å². The highest BCUT2D eigenvalue weighted by atomic mass is 35.5. The molecule has 1 unspecified atom stereocenters. The van der Waals surface area contributed by atoms with E-state index in [0.29, 0.717) is 11.6 Å². The van der Waals surface area contributed by atoms with Gasteiger partial charge in [0.15, 0.2) is 0 Å². The SMILES string of the molecule is COc1ccc(Cl)cc1C(N)C(C)(C)CCN. The van der Waals surface area contributed by atoms with Crippen molar-refractivity contribution in [3.05, 3.63) is 28.8 Å². The molecule has 0 fully saturated rings. The van der Waals surface area contributed by atoms with Gasteiger partial charge in [-0.25, -0.2) is 0 Å². The zero-order valence-corrected chi connectivity index (χ0v) is 11.4. The highest BCUT2D eigenvalue weighted by molar-refractivity contribution is 6.30. The van der Waals surface area contributed by atoms with Crippen molar-refractivity contribution in [1.29, 1.82) is 0 Å². The van der Waals surface area contributed by atoms with Crippen LogP contribution in [0, 0.1) is 5.41 Å². The van der Waals surface area contributed by atoms with Gasteiger partial charge in [0.1, 0.15) is 5.75 Å². The van der Waals surface area contributed by atoms with Crippen LogP contribution in [0.5, 0.6) is 5.75 Å². The molecule has 0 aliphatic rings. The number of ether oxygens (including phenoxy) is 1. The van der Waals surface area contributed by atoms with Crippen LogP contribution in [0.2, 0.25) is 5.02 Å². The number of hydrogen-bond donors (Lipinski definition) is 2. The van der Waals surface area contributed by atoms with Crippen molar-refractivity contribution >= 4 is 11.6 Å². The molecule has 0 radical (unpaired) electrons. The predicted molar refractivity (Wildman–Crippen MR) is 72.4 cm³/mol. The molecule has 3 nitrogen and oxygen atoms in total. The molecule has 4 N–H and O–H groups in total. The summed E-state index contributed by atoms with van der Waals surface area (Å²) in [4.78, 5) is 0. The van der Waals surface area contributed by atoms with E-state index in [1.165, 1.54) is 0 Å². The van der Waals surface area contributed by atoms with Gasteiger partial charge in [-0.1, -0.05) is 25.4 Å². The zero-order valence-electron chi connectivity index (χ0n) is 10.7. The molecular formula is C13H21ClN2O. The fraction of sp³-hybridized carbons (Fsp3) is 0.538. The lowest BCUT2D eigenvalue weighted by Crippen LogP contribution is -2.31. The third kappa shape index (κ3) is 3.35. The summed E-state index contributed by atoms with van der Waals surface area (Å²) >= 11 is 6.01. The number of methoxy groups -OCH3 is 1. The summed E-state index contributed by atoms with van der Waals surface area (Å²) in [7, 11) is 1.63. The summed E-state index contributed by atoms with van der Waals surface area (Å²) < 4.78 is 5.32. The van der Waals surface area contributed by atoms with Gasteiger partial charge in [0, 0.05) is 16.6 Å². The molecule has 0 saturated carbocycles. The molecular weight excluding hydrogens is 236 g/mol. The maximum absolute atomic E-state index is 6.31.